The number of nitro benzene ring substituents is 1. The van der Waals surface area contributed by atoms with E-state index in [1.165, 1.54) is 73.8 Å². The van der Waals surface area contributed by atoms with Gasteiger partial charge in [0.2, 0.25) is 0 Å². The summed E-state index contributed by atoms with van der Waals surface area (Å²) < 4.78 is 41.4. The van der Waals surface area contributed by atoms with Gasteiger partial charge in [0.25, 0.3) is 11.6 Å². The molecular formula is C26H23N3O8S. The van der Waals surface area contributed by atoms with Crippen molar-refractivity contribution in [2.45, 2.75) is 18.7 Å². The minimum atomic E-state index is -4.20. The molecule has 0 aliphatic heterocycles. The summed E-state index contributed by atoms with van der Waals surface area (Å²) in [5.41, 5.74) is 0.602. The molecule has 1 amide bonds. The van der Waals surface area contributed by atoms with Crippen molar-refractivity contribution in [1.29, 1.82) is 5.26 Å². The van der Waals surface area contributed by atoms with E-state index in [9.17, 15) is 28.6 Å². The summed E-state index contributed by atoms with van der Waals surface area (Å²) in [6.45, 7) is 3.53. The number of hydrogen-bond acceptors (Lipinski definition) is 9. The molecule has 0 unspecified atom stereocenters. The normalized spacial score (nSPS) is 11.3. The summed E-state index contributed by atoms with van der Waals surface area (Å²) in [7, 11) is -2.74. The predicted molar refractivity (Wildman–Crippen MR) is 138 cm³/mol. The molecule has 11 nitrogen and oxygen atoms in total. The van der Waals surface area contributed by atoms with Gasteiger partial charge in [0, 0.05) is 12.1 Å². The van der Waals surface area contributed by atoms with Crippen LogP contribution in [0.15, 0.2) is 71.1 Å². The zero-order valence-corrected chi connectivity index (χ0v) is 21.4. The van der Waals surface area contributed by atoms with Gasteiger partial charge < -0.3 is 19.0 Å². The SMILES string of the molecule is CCOc1cc(/C=C(\C#N)C(=O)Nc2cc([N+](=O)[O-])ccc2C)ccc1OS(=O)(=O)c1ccc(OC)cc1. The quantitative estimate of drug-likeness (QED) is 0.128. The fourth-order valence-corrected chi connectivity index (χ4v) is 4.16. The number of nitro groups is 1. The number of carbonyl (C=O) groups excluding carboxylic acids is 1. The summed E-state index contributed by atoms with van der Waals surface area (Å²) in [5, 5.41) is 23.1. The van der Waals surface area contributed by atoms with E-state index in [4.69, 9.17) is 13.7 Å². The molecule has 0 aliphatic rings. The molecule has 3 aromatic carbocycles. The molecule has 0 aliphatic carbocycles. The fraction of sp³-hybridized carbons (Fsp3) is 0.154. The molecule has 1 N–H and O–H groups in total. The Balaban J connectivity index is 1.88. The maximum absolute atomic E-state index is 12.8. The van der Waals surface area contributed by atoms with Crippen LogP contribution < -0.4 is 19.0 Å². The zero-order chi connectivity index (χ0) is 27.9. The summed E-state index contributed by atoms with van der Waals surface area (Å²) in [4.78, 5) is 23.1. The van der Waals surface area contributed by atoms with Gasteiger partial charge in [-0.1, -0.05) is 12.1 Å². The molecule has 0 spiro atoms. The van der Waals surface area contributed by atoms with E-state index in [-0.39, 0.29) is 39.9 Å². The lowest BCUT2D eigenvalue weighted by Gasteiger charge is -2.13. The van der Waals surface area contributed by atoms with E-state index in [0.29, 0.717) is 16.9 Å². The van der Waals surface area contributed by atoms with E-state index < -0.39 is 20.9 Å². The molecule has 38 heavy (non-hydrogen) atoms. The number of amides is 1. The third-order valence-electron chi connectivity index (χ3n) is 5.17. The molecule has 12 heteroatoms. The first kappa shape index (κ1) is 27.7. The molecule has 0 fully saturated rings. The Kier molecular flexibility index (Phi) is 8.67. The van der Waals surface area contributed by atoms with Crippen molar-refractivity contribution >= 4 is 33.5 Å². The second-order valence-corrected chi connectivity index (χ2v) is 9.28. The number of nitriles is 1. The highest BCUT2D eigenvalue weighted by atomic mass is 32.2. The summed E-state index contributed by atoms with van der Waals surface area (Å²) in [6.07, 6.45) is 1.27. The van der Waals surface area contributed by atoms with Crippen LogP contribution in [0.1, 0.15) is 18.1 Å². The number of anilines is 1. The maximum atomic E-state index is 12.8. The van der Waals surface area contributed by atoms with Gasteiger partial charge >= 0.3 is 10.1 Å². The number of carbonyl (C=O) groups is 1. The van der Waals surface area contributed by atoms with Crippen molar-refractivity contribution in [3.8, 4) is 23.3 Å². The van der Waals surface area contributed by atoms with Gasteiger partial charge in [0.05, 0.1) is 24.3 Å². The lowest BCUT2D eigenvalue weighted by Crippen LogP contribution is -2.14. The minimum absolute atomic E-state index is 0.0746. The van der Waals surface area contributed by atoms with Crippen LogP contribution in [0, 0.1) is 28.4 Å². The Morgan fingerprint density at radius 3 is 2.42 bits per heavy atom. The first-order valence-electron chi connectivity index (χ1n) is 11.1. The molecule has 0 saturated carbocycles. The topological polar surface area (TPSA) is 158 Å². The number of benzene rings is 3. The molecule has 196 valence electrons. The molecular weight excluding hydrogens is 514 g/mol. The molecule has 0 aromatic heterocycles. The number of hydrogen-bond donors (Lipinski definition) is 1. The summed E-state index contributed by atoms with van der Waals surface area (Å²) in [6, 6.07) is 15.6. The van der Waals surface area contributed by atoms with Crippen LogP contribution in [-0.2, 0) is 14.9 Å². The van der Waals surface area contributed by atoms with Crippen LogP contribution in [0.3, 0.4) is 0 Å². The van der Waals surface area contributed by atoms with Crippen LogP contribution in [0.4, 0.5) is 11.4 Å². The van der Waals surface area contributed by atoms with Gasteiger partial charge in [-0.15, -0.1) is 0 Å². The van der Waals surface area contributed by atoms with E-state index in [1.54, 1.807) is 19.9 Å². The van der Waals surface area contributed by atoms with Crippen LogP contribution >= 0.6 is 0 Å². The molecule has 0 heterocycles. The van der Waals surface area contributed by atoms with Crippen molar-refractivity contribution in [2.24, 2.45) is 0 Å². The third-order valence-corrected chi connectivity index (χ3v) is 6.42. The lowest BCUT2D eigenvalue weighted by molar-refractivity contribution is -0.384. The predicted octanol–water partition coefficient (Wildman–Crippen LogP) is 4.62. The molecule has 0 atom stereocenters. The van der Waals surface area contributed by atoms with E-state index in [1.807, 2.05) is 0 Å². The van der Waals surface area contributed by atoms with Crippen LogP contribution in [-0.4, -0.2) is 33.0 Å². The number of aryl methyl sites for hydroxylation is 1. The highest BCUT2D eigenvalue weighted by Gasteiger charge is 2.20. The zero-order valence-electron chi connectivity index (χ0n) is 20.6. The van der Waals surface area contributed by atoms with Gasteiger partial charge in [0.15, 0.2) is 11.5 Å². The lowest BCUT2D eigenvalue weighted by atomic mass is 10.1. The number of nitrogens with one attached hydrogen (secondary N) is 1. The first-order chi connectivity index (χ1) is 18.1. The number of non-ortho nitro benzene ring substituents is 1. The standard InChI is InChI=1S/C26H23N3O8S/c1-4-36-25-14-18(6-12-24(25)37-38(33,34)22-10-8-21(35-3)9-11-22)13-19(16-27)26(30)28-23-15-20(29(31)32)7-5-17(23)2/h5-15H,4H2,1-3H3,(H,28,30)/b19-13+. The monoisotopic (exact) mass is 537 g/mol. The molecule has 3 rings (SSSR count). The van der Waals surface area contributed by atoms with Crippen molar-refractivity contribution < 1.29 is 31.8 Å². The van der Waals surface area contributed by atoms with Gasteiger partial charge in [-0.2, -0.15) is 13.7 Å². The number of rotatable bonds is 10. The Morgan fingerprint density at radius 1 is 1.11 bits per heavy atom. The summed E-state index contributed by atoms with van der Waals surface area (Å²) in [5.74, 6) is -0.315. The van der Waals surface area contributed by atoms with Crippen molar-refractivity contribution in [1.82, 2.24) is 0 Å². The van der Waals surface area contributed by atoms with Crippen LogP contribution in [0.25, 0.3) is 6.08 Å². The summed E-state index contributed by atoms with van der Waals surface area (Å²) >= 11 is 0. The Morgan fingerprint density at radius 2 is 1.82 bits per heavy atom. The number of methoxy groups -OCH3 is 1. The average Bonchev–Trinajstić information content (AvgIpc) is 2.89. The molecule has 0 radical (unpaired) electrons. The second-order valence-electron chi connectivity index (χ2n) is 7.73. The van der Waals surface area contributed by atoms with E-state index in [0.717, 1.165) is 0 Å². The van der Waals surface area contributed by atoms with Crippen LogP contribution in [0.5, 0.6) is 17.2 Å². The van der Waals surface area contributed by atoms with Crippen LogP contribution in [0.2, 0.25) is 0 Å². The van der Waals surface area contributed by atoms with Gasteiger partial charge in [-0.05, 0) is 67.4 Å². The van der Waals surface area contributed by atoms with Crippen molar-refractivity contribution in [3.05, 3.63) is 87.5 Å². The molecule has 0 saturated heterocycles. The first-order valence-corrected chi connectivity index (χ1v) is 12.5. The van der Waals surface area contributed by atoms with E-state index >= 15 is 0 Å². The average molecular weight is 538 g/mol. The smallest absolute Gasteiger partial charge is 0.339 e. The van der Waals surface area contributed by atoms with Crippen molar-refractivity contribution in [3.63, 3.8) is 0 Å². The largest absolute Gasteiger partial charge is 0.497 e. The Bertz CT molecular complexity index is 1540. The fourth-order valence-electron chi connectivity index (χ4n) is 3.22. The van der Waals surface area contributed by atoms with Gasteiger partial charge in [-0.3, -0.25) is 14.9 Å². The second kappa shape index (κ2) is 11.9. The third kappa shape index (κ3) is 6.65. The highest BCUT2D eigenvalue weighted by molar-refractivity contribution is 7.87. The Hall–Kier alpha value is -4.89. The molecule has 3 aromatic rings. The van der Waals surface area contributed by atoms with Gasteiger partial charge in [-0.25, -0.2) is 0 Å². The van der Waals surface area contributed by atoms with Crippen molar-refractivity contribution in [2.75, 3.05) is 19.0 Å². The van der Waals surface area contributed by atoms with E-state index in [2.05, 4.69) is 5.32 Å². The maximum Gasteiger partial charge on any atom is 0.339 e. The number of nitrogens with zero attached hydrogens (tertiary/aromatic N) is 2. The highest BCUT2D eigenvalue weighted by Crippen LogP contribution is 2.32. The molecule has 0 bridgehead atoms. The minimum Gasteiger partial charge on any atom is -0.497 e. The number of ether oxygens (including phenoxy) is 2. The van der Waals surface area contributed by atoms with Gasteiger partial charge in [0.1, 0.15) is 22.3 Å². The Labute approximate surface area is 219 Å².